The number of piperidine rings is 1. The van der Waals surface area contributed by atoms with Crippen LogP contribution in [-0.2, 0) is 0 Å². The first-order valence-corrected chi connectivity index (χ1v) is 5.23. The van der Waals surface area contributed by atoms with Crippen LogP contribution in [0.1, 0.15) is 12.8 Å². The lowest BCUT2D eigenvalue weighted by atomic mass is 9.97. The third-order valence-electron chi connectivity index (χ3n) is 2.75. The molecule has 0 aromatic carbocycles. The minimum absolute atomic E-state index is 0.0578. The van der Waals surface area contributed by atoms with Crippen LogP contribution in [0.5, 0.6) is 0 Å². The number of amidine groups is 1. The minimum atomic E-state index is -0.441. The number of anilines is 1. The normalized spacial score (nSPS) is 20.8. The van der Waals surface area contributed by atoms with E-state index in [9.17, 15) is 4.39 Å². The number of hydrogen-bond acceptors (Lipinski definition) is 4. The highest BCUT2D eigenvalue weighted by Gasteiger charge is 2.23. The van der Waals surface area contributed by atoms with E-state index in [0.717, 1.165) is 31.8 Å². The molecule has 1 atom stereocenters. The maximum Gasteiger partial charge on any atom is 0.225 e. The summed E-state index contributed by atoms with van der Waals surface area (Å²) in [5.41, 5.74) is 5.49. The highest BCUT2D eigenvalue weighted by Crippen LogP contribution is 2.19. The first-order valence-electron chi connectivity index (χ1n) is 5.23. The Bertz CT molecular complexity index is 377. The zero-order chi connectivity index (χ0) is 11.5. The van der Waals surface area contributed by atoms with Crippen LogP contribution >= 0.6 is 0 Å². The molecule has 5 nitrogen and oxygen atoms in total. The SMILES string of the molecule is N=C(N)C1CCCN(c2ncc(F)cn2)C1. The Kier molecular flexibility index (Phi) is 2.98. The lowest BCUT2D eigenvalue weighted by Gasteiger charge is -2.31. The topological polar surface area (TPSA) is 78.9 Å². The first-order chi connectivity index (χ1) is 7.66. The van der Waals surface area contributed by atoms with Gasteiger partial charge in [-0.15, -0.1) is 0 Å². The molecule has 1 aliphatic rings. The lowest BCUT2D eigenvalue weighted by Crippen LogP contribution is -2.41. The van der Waals surface area contributed by atoms with Gasteiger partial charge in [-0.05, 0) is 12.8 Å². The second-order valence-electron chi connectivity index (χ2n) is 3.94. The number of aromatic nitrogens is 2. The molecule has 2 rings (SSSR count). The van der Waals surface area contributed by atoms with Crippen LogP contribution in [0, 0.1) is 17.1 Å². The standard InChI is InChI=1S/C10H14FN5/c11-8-4-14-10(15-5-8)16-3-1-2-7(6-16)9(12)13/h4-5,7H,1-3,6H2,(H3,12,13). The van der Waals surface area contributed by atoms with Gasteiger partial charge in [0.2, 0.25) is 5.95 Å². The maximum atomic E-state index is 12.7. The molecular weight excluding hydrogens is 209 g/mol. The Morgan fingerprint density at radius 2 is 2.19 bits per heavy atom. The Labute approximate surface area is 93.0 Å². The van der Waals surface area contributed by atoms with Crippen molar-refractivity contribution in [2.24, 2.45) is 11.7 Å². The largest absolute Gasteiger partial charge is 0.387 e. The summed E-state index contributed by atoms with van der Waals surface area (Å²) in [6.45, 7) is 1.47. The van der Waals surface area contributed by atoms with E-state index in [-0.39, 0.29) is 11.8 Å². The van der Waals surface area contributed by atoms with Gasteiger partial charge in [-0.1, -0.05) is 0 Å². The van der Waals surface area contributed by atoms with Gasteiger partial charge in [-0.2, -0.15) is 0 Å². The highest BCUT2D eigenvalue weighted by molar-refractivity contribution is 5.80. The molecule has 0 bridgehead atoms. The van der Waals surface area contributed by atoms with Gasteiger partial charge in [-0.25, -0.2) is 14.4 Å². The molecule has 2 heterocycles. The van der Waals surface area contributed by atoms with E-state index in [4.69, 9.17) is 11.1 Å². The molecule has 3 N–H and O–H groups in total. The molecule has 0 spiro atoms. The van der Waals surface area contributed by atoms with E-state index >= 15 is 0 Å². The Morgan fingerprint density at radius 3 is 2.81 bits per heavy atom. The fraction of sp³-hybridized carbons (Fsp3) is 0.500. The van der Waals surface area contributed by atoms with E-state index in [2.05, 4.69) is 9.97 Å². The predicted molar refractivity (Wildman–Crippen MR) is 58.8 cm³/mol. The van der Waals surface area contributed by atoms with Gasteiger partial charge >= 0.3 is 0 Å². The number of nitrogens with zero attached hydrogens (tertiary/aromatic N) is 3. The molecule has 6 heteroatoms. The van der Waals surface area contributed by atoms with Crippen molar-refractivity contribution in [2.75, 3.05) is 18.0 Å². The number of nitrogens with two attached hydrogens (primary N) is 1. The Hall–Kier alpha value is -1.72. The second kappa shape index (κ2) is 4.42. The van der Waals surface area contributed by atoms with Crippen molar-refractivity contribution in [3.8, 4) is 0 Å². The summed E-state index contributed by atoms with van der Waals surface area (Å²) < 4.78 is 12.7. The maximum absolute atomic E-state index is 12.7. The molecule has 16 heavy (non-hydrogen) atoms. The summed E-state index contributed by atoms with van der Waals surface area (Å²) in [5.74, 6) is 0.324. The molecule has 1 aliphatic heterocycles. The van der Waals surface area contributed by atoms with Crippen molar-refractivity contribution < 1.29 is 4.39 Å². The van der Waals surface area contributed by atoms with Crippen LogP contribution < -0.4 is 10.6 Å². The number of nitrogens with one attached hydrogen (secondary N) is 1. The van der Waals surface area contributed by atoms with Crippen LogP contribution in [0.2, 0.25) is 0 Å². The fourth-order valence-corrected chi connectivity index (χ4v) is 1.88. The van der Waals surface area contributed by atoms with Crippen molar-refractivity contribution in [1.82, 2.24) is 9.97 Å². The van der Waals surface area contributed by atoms with Crippen molar-refractivity contribution in [1.29, 1.82) is 5.41 Å². The zero-order valence-electron chi connectivity index (χ0n) is 8.86. The molecule has 1 aromatic heterocycles. The van der Waals surface area contributed by atoms with Gasteiger partial charge in [0.05, 0.1) is 18.2 Å². The van der Waals surface area contributed by atoms with Gasteiger partial charge in [-0.3, -0.25) is 5.41 Å². The number of hydrogen-bond donors (Lipinski definition) is 2. The van der Waals surface area contributed by atoms with Crippen LogP contribution in [0.4, 0.5) is 10.3 Å². The monoisotopic (exact) mass is 223 g/mol. The molecule has 1 saturated heterocycles. The highest BCUT2D eigenvalue weighted by atomic mass is 19.1. The summed E-state index contributed by atoms with van der Waals surface area (Å²) >= 11 is 0. The van der Waals surface area contributed by atoms with E-state index in [1.54, 1.807) is 0 Å². The van der Waals surface area contributed by atoms with Crippen molar-refractivity contribution in [3.05, 3.63) is 18.2 Å². The van der Waals surface area contributed by atoms with Gasteiger partial charge in [0.1, 0.15) is 0 Å². The smallest absolute Gasteiger partial charge is 0.225 e. The molecule has 0 amide bonds. The van der Waals surface area contributed by atoms with Crippen LogP contribution in [-0.4, -0.2) is 28.9 Å². The van der Waals surface area contributed by atoms with E-state index in [0.29, 0.717) is 12.5 Å². The average Bonchev–Trinajstić information content (AvgIpc) is 2.30. The molecule has 1 fully saturated rings. The van der Waals surface area contributed by atoms with Crippen molar-refractivity contribution >= 4 is 11.8 Å². The molecule has 1 unspecified atom stereocenters. The zero-order valence-corrected chi connectivity index (χ0v) is 8.86. The summed E-state index contributed by atoms with van der Waals surface area (Å²) in [4.78, 5) is 9.79. The number of halogens is 1. The summed E-state index contributed by atoms with van der Waals surface area (Å²) in [5, 5.41) is 7.43. The Balaban J connectivity index is 2.09. The van der Waals surface area contributed by atoms with E-state index in [1.165, 1.54) is 0 Å². The second-order valence-corrected chi connectivity index (χ2v) is 3.94. The molecular formula is C10H14FN5. The number of rotatable bonds is 2. The van der Waals surface area contributed by atoms with Crippen LogP contribution in [0.15, 0.2) is 12.4 Å². The Morgan fingerprint density at radius 1 is 1.50 bits per heavy atom. The van der Waals surface area contributed by atoms with Gasteiger partial charge < -0.3 is 10.6 Å². The van der Waals surface area contributed by atoms with Gasteiger partial charge in [0.15, 0.2) is 5.82 Å². The van der Waals surface area contributed by atoms with Crippen LogP contribution in [0.3, 0.4) is 0 Å². The quantitative estimate of drug-likeness (QED) is 0.573. The molecule has 0 aliphatic carbocycles. The van der Waals surface area contributed by atoms with E-state index < -0.39 is 5.82 Å². The summed E-state index contributed by atoms with van der Waals surface area (Å²) in [6, 6.07) is 0. The van der Waals surface area contributed by atoms with Gasteiger partial charge in [0, 0.05) is 19.0 Å². The molecule has 1 aromatic rings. The lowest BCUT2D eigenvalue weighted by molar-refractivity contribution is 0.495. The van der Waals surface area contributed by atoms with E-state index in [1.807, 2.05) is 4.90 Å². The van der Waals surface area contributed by atoms with Crippen molar-refractivity contribution in [3.63, 3.8) is 0 Å². The summed E-state index contributed by atoms with van der Waals surface area (Å²) in [6.07, 6.45) is 4.18. The fourth-order valence-electron chi connectivity index (χ4n) is 1.88. The third kappa shape index (κ3) is 2.26. The average molecular weight is 223 g/mol. The van der Waals surface area contributed by atoms with Crippen molar-refractivity contribution in [2.45, 2.75) is 12.8 Å². The third-order valence-corrected chi connectivity index (χ3v) is 2.75. The van der Waals surface area contributed by atoms with Gasteiger partial charge in [0.25, 0.3) is 0 Å². The molecule has 0 saturated carbocycles. The molecule has 0 radical (unpaired) electrons. The summed E-state index contributed by atoms with van der Waals surface area (Å²) in [7, 11) is 0. The van der Waals surface area contributed by atoms with Crippen LogP contribution in [0.25, 0.3) is 0 Å². The minimum Gasteiger partial charge on any atom is -0.387 e. The molecule has 86 valence electrons. The predicted octanol–water partition coefficient (Wildman–Crippen LogP) is 0.768. The first kappa shape index (κ1) is 10.8.